The third kappa shape index (κ3) is 2.96. The summed E-state index contributed by atoms with van der Waals surface area (Å²) in [6, 6.07) is 2.23. The number of hydrogen-bond donors (Lipinski definition) is 1. The largest absolute Gasteiger partial charge is 0.311 e. The van der Waals surface area contributed by atoms with Gasteiger partial charge in [-0.05, 0) is 53.2 Å². The quantitative estimate of drug-likeness (QED) is 0.774. The van der Waals surface area contributed by atoms with Gasteiger partial charge in [0.25, 0.3) is 0 Å². The molecule has 1 N–H and O–H groups in total. The summed E-state index contributed by atoms with van der Waals surface area (Å²) in [5.74, 6) is 0. The molecule has 2 fully saturated rings. The van der Waals surface area contributed by atoms with Gasteiger partial charge in [0.05, 0.1) is 0 Å². The van der Waals surface area contributed by atoms with Crippen molar-refractivity contribution >= 4 is 0 Å². The van der Waals surface area contributed by atoms with Crippen LogP contribution in [0.15, 0.2) is 0 Å². The van der Waals surface area contributed by atoms with Gasteiger partial charge in [-0.2, -0.15) is 0 Å². The van der Waals surface area contributed by atoms with E-state index in [9.17, 15) is 0 Å². The van der Waals surface area contributed by atoms with E-state index in [2.05, 4.69) is 36.0 Å². The zero-order valence-corrected chi connectivity index (χ0v) is 11.1. The molecule has 0 saturated carbocycles. The highest BCUT2D eigenvalue weighted by atomic mass is 15.2. The fourth-order valence-corrected chi connectivity index (χ4v) is 2.96. The van der Waals surface area contributed by atoms with Crippen LogP contribution in [0.4, 0.5) is 0 Å². The topological polar surface area (TPSA) is 18.5 Å². The highest BCUT2D eigenvalue weighted by Gasteiger charge is 2.26. The molecule has 0 aromatic rings. The second kappa shape index (κ2) is 5.48. The Bertz CT molecular complexity index is 217. The van der Waals surface area contributed by atoms with Gasteiger partial charge >= 0.3 is 0 Å². The lowest BCUT2D eigenvalue weighted by atomic mass is 10.2. The van der Waals surface area contributed by atoms with Crippen molar-refractivity contribution in [2.45, 2.75) is 51.2 Å². The Kier molecular flexibility index (Phi) is 4.22. The van der Waals surface area contributed by atoms with Crippen LogP contribution in [0, 0.1) is 0 Å². The maximum atomic E-state index is 3.76. The first kappa shape index (κ1) is 12.3. The summed E-state index contributed by atoms with van der Waals surface area (Å²) in [4.78, 5) is 5.08. The van der Waals surface area contributed by atoms with Crippen molar-refractivity contribution in [1.82, 2.24) is 15.1 Å². The monoisotopic (exact) mass is 225 g/mol. The summed E-state index contributed by atoms with van der Waals surface area (Å²) in [7, 11) is 2.26. The predicted molar refractivity (Wildman–Crippen MR) is 68.8 cm³/mol. The first-order valence-electron chi connectivity index (χ1n) is 6.84. The molecule has 94 valence electrons. The van der Waals surface area contributed by atoms with E-state index in [0.29, 0.717) is 6.04 Å². The minimum Gasteiger partial charge on any atom is -0.311 e. The summed E-state index contributed by atoms with van der Waals surface area (Å²) in [5.41, 5.74) is 0. The molecule has 16 heavy (non-hydrogen) atoms. The summed E-state index contributed by atoms with van der Waals surface area (Å²) in [5, 5.41) is 3.76. The maximum Gasteiger partial charge on any atom is 0.0218 e. The number of nitrogens with zero attached hydrogens (tertiary/aromatic N) is 2. The fourth-order valence-electron chi connectivity index (χ4n) is 2.96. The van der Waals surface area contributed by atoms with Gasteiger partial charge in [0.1, 0.15) is 0 Å². The minimum atomic E-state index is 0.709. The van der Waals surface area contributed by atoms with Gasteiger partial charge < -0.3 is 10.2 Å². The Morgan fingerprint density at radius 3 is 2.62 bits per heavy atom. The molecule has 2 aliphatic rings. The van der Waals surface area contributed by atoms with Gasteiger partial charge in [-0.25, -0.2) is 0 Å². The Balaban J connectivity index is 1.67. The van der Waals surface area contributed by atoms with E-state index < -0.39 is 0 Å². The van der Waals surface area contributed by atoms with Crippen LogP contribution in [0.5, 0.6) is 0 Å². The standard InChI is InChI=1S/C13H27N3/c1-11(2)16-8-6-12(10-16)14-9-13-5-4-7-15(13)3/h11-14H,4-10H2,1-3H3. The minimum absolute atomic E-state index is 0.709. The molecule has 2 rings (SSSR count). The summed E-state index contributed by atoms with van der Waals surface area (Å²) >= 11 is 0. The molecule has 0 aromatic heterocycles. The molecule has 0 amide bonds. The highest BCUT2D eigenvalue weighted by Crippen LogP contribution is 2.16. The van der Waals surface area contributed by atoms with Crippen molar-refractivity contribution in [3.05, 3.63) is 0 Å². The van der Waals surface area contributed by atoms with Gasteiger partial charge in [0, 0.05) is 31.2 Å². The highest BCUT2D eigenvalue weighted by molar-refractivity contribution is 4.85. The molecule has 0 aliphatic carbocycles. The summed E-state index contributed by atoms with van der Waals surface area (Å²) in [6.45, 7) is 9.59. The van der Waals surface area contributed by atoms with Crippen molar-refractivity contribution in [3.63, 3.8) is 0 Å². The number of likely N-dealkylation sites (N-methyl/N-ethyl adjacent to an activating group) is 1. The number of likely N-dealkylation sites (tertiary alicyclic amines) is 2. The van der Waals surface area contributed by atoms with Crippen molar-refractivity contribution in [2.24, 2.45) is 0 Å². The summed E-state index contributed by atoms with van der Waals surface area (Å²) < 4.78 is 0. The lowest BCUT2D eigenvalue weighted by molar-refractivity contribution is 0.259. The van der Waals surface area contributed by atoms with E-state index in [1.165, 1.54) is 45.4 Å². The second-order valence-electron chi connectivity index (χ2n) is 5.76. The Morgan fingerprint density at radius 1 is 1.25 bits per heavy atom. The molecule has 3 heteroatoms. The van der Waals surface area contributed by atoms with Crippen molar-refractivity contribution in [2.75, 3.05) is 33.2 Å². The van der Waals surface area contributed by atoms with Crippen LogP contribution in [0.3, 0.4) is 0 Å². The number of nitrogens with one attached hydrogen (secondary N) is 1. The van der Waals surface area contributed by atoms with Crippen molar-refractivity contribution in [1.29, 1.82) is 0 Å². The van der Waals surface area contributed by atoms with Crippen LogP contribution >= 0.6 is 0 Å². The lowest BCUT2D eigenvalue weighted by Crippen LogP contribution is -2.42. The molecule has 2 aliphatic heterocycles. The lowest BCUT2D eigenvalue weighted by Gasteiger charge is -2.23. The maximum absolute atomic E-state index is 3.76. The third-order valence-corrected chi connectivity index (χ3v) is 4.26. The molecular weight excluding hydrogens is 198 g/mol. The van der Waals surface area contributed by atoms with Gasteiger partial charge in [-0.3, -0.25) is 4.90 Å². The molecule has 0 spiro atoms. The van der Waals surface area contributed by atoms with E-state index in [0.717, 1.165) is 12.1 Å². The average Bonchev–Trinajstić information content (AvgIpc) is 2.83. The SMILES string of the molecule is CC(C)N1CCC(NCC2CCCN2C)C1. The first-order chi connectivity index (χ1) is 7.66. The average molecular weight is 225 g/mol. The molecular formula is C13H27N3. The molecule has 0 radical (unpaired) electrons. The molecule has 2 saturated heterocycles. The van der Waals surface area contributed by atoms with Crippen LogP contribution in [-0.2, 0) is 0 Å². The zero-order valence-electron chi connectivity index (χ0n) is 11.1. The van der Waals surface area contributed by atoms with E-state index in [4.69, 9.17) is 0 Å². The Hall–Kier alpha value is -0.120. The van der Waals surface area contributed by atoms with Crippen molar-refractivity contribution in [3.8, 4) is 0 Å². The van der Waals surface area contributed by atoms with Gasteiger partial charge in [0.2, 0.25) is 0 Å². The Labute approximate surface area is 100 Å². The zero-order chi connectivity index (χ0) is 11.5. The molecule has 2 unspecified atom stereocenters. The van der Waals surface area contributed by atoms with Crippen molar-refractivity contribution < 1.29 is 0 Å². The van der Waals surface area contributed by atoms with Gasteiger partial charge in [-0.1, -0.05) is 0 Å². The van der Waals surface area contributed by atoms with Crippen LogP contribution in [0.25, 0.3) is 0 Å². The molecule has 0 aromatic carbocycles. The smallest absolute Gasteiger partial charge is 0.0218 e. The van der Waals surface area contributed by atoms with E-state index in [1.807, 2.05) is 0 Å². The van der Waals surface area contributed by atoms with Gasteiger partial charge in [-0.15, -0.1) is 0 Å². The molecule has 3 nitrogen and oxygen atoms in total. The molecule has 2 atom stereocenters. The third-order valence-electron chi connectivity index (χ3n) is 4.26. The van der Waals surface area contributed by atoms with Crippen LogP contribution in [0.1, 0.15) is 33.1 Å². The van der Waals surface area contributed by atoms with E-state index >= 15 is 0 Å². The van der Waals surface area contributed by atoms with E-state index in [1.54, 1.807) is 0 Å². The number of hydrogen-bond acceptors (Lipinski definition) is 3. The van der Waals surface area contributed by atoms with Crippen LogP contribution in [0.2, 0.25) is 0 Å². The Morgan fingerprint density at radius 2 is 2.06 bits per heavy atom. The summed E-state index contributed by atoms with van der Waals surface area (Å²) in [6.07, 6.45) is 4.09. The van der Waals surface area contributed by atoms with Crippen LogP contribution < -0.4 is 5.32 Å². The molecule has 2 heterocycles. The fraction of sp³-hybridized carbons (Fsp3) is 1.00. The van der Waals surface area contributed by atoms with Gasteiger partial charge in [0.15, 0.2) is 0 Å². The molecule has 0 bridgehead atoms. The first-order valence-corrected chi connectivity index (χ1v) is 6.84. The normalized spacial score (nSPS) is 33.0. The van der Waals surface area contributed by atoms with Crippen LogP contribution in [-0.4, -0.2) is 61.2 Å². The van der Waals surface area contributed by atoms with E-state index in [-0.39, 0.29) is 0 Å². The predicted octanol–water partition coefficient (Wildman–Crippen LogP) is 1.15. The second-order valence-corrected chi connectivity index (χ2v) is 5.76. The number of rotatable bonds is 4.